The van der Waals surface area contributed by atoms with Gasteiger partial charge < -0.3 is 5.11 Å². The van der Waals surface area contributed by atoms with Crippen LogP contribution in [0.1, 0.15) is 27.4 Å². The van der Waals surface area contributed by atoms with Crippen molar-refractivity contribution in [1.82, 2.24) is 30.4 Å². The number of H-pyrrole nitrogens is 1. The SMILES string of the molecule is Cc1cc(C(=O)N/N=C\c2ccc(O)c(Br)c2)n(-c2nnc(C)c(=O)[nH]2)n1. The highest BCUT2D eigenvalue weighted by Gasteiger charge is 2.17. The molecule has 3 aromatic rings. The van der Waals surface area contributed by atoms with Crippen LogP contribution in [0.4, 0.5) is 0 Å². The zero-order chi connectivity index (χ0) is 19.6. The Morgan fingerprint density at radius 1 is 1.33 bits per heavy atom. The van der Waals surface area contributed by atoms with Gasteiger partial charge in [0.25, 0.3) is 17.4 Å². The minimum absolute atomic E-state index is 0.0234. The number of amides is 1. The van der Waals surface area contributed by atoms with Gasteiger partial charge in [-0.25, -0.2) is 5.43 Å². The van der Waals surface area contributed by atoms with Crippen molar-refractivity contribution in [3.63, 3.8) is 0 Å². The predicted molar refractivity (Wildman–Crippen MR) is 100 cm³/mol. The van der Waals surface area contributed by atoms with Gasteiger partial charge in [-0.2, -0.15) is 14.9 Å². The van der Waals surface area contributed by atoms with Gasteiger partial charge in [0.1, 0.15) is 17.1 Å². The molecule has 1 aromatic carbocycles. The van der Waals surface area contributed by atoms with Crippen LogP contribution in [0.3, 0.4) is 0 Å². The van der Waals surface area contributed by atoms with Crippen LogP contribution in [0.5, 0.6) is 5.75 Å². The van der Waals surface area contributed by atoms with E-state index in [0.29, 0.717) is 15.7 Å². The number of hydrogen-bond acceptors (Lipinski definition) is 7. The fraction of sp³-hybridized carbons (Fsp3) is 0.125. The van der Waals surface area contributed by atoms with Crippen LogP contribution in [0.2, 0.25) is 0 Å². The molecular weight excluding hydrogens is 418 g/mol. The van der Waals surface area contributed by atoms with Crippen molar-refractivity contribution in [3.8, 4) is 11.7 Å². The van der Waals surface area contributed by atoms with Crippen molar-refractivity contribution in [3.05, 3.63) is 61.7 Å². The monoisotopic (exact) mass is 431 g/mol. The molecule has 2 aromatic heterocycles. The number of nitrogens with zero attached hydrogens (tertiary/aromatic N) is 5. The van der Waals surface area contributed by atoms with Gasteiger partial charge >= 0.3 is 0 Å². The summed E-state index contributed by atoms with van der Waals surface area (Å²) in [6.07, 6.45) is 1.42. The smallest absolute Gasteiger partial charge is 0.290 e. The average molecular weight is 432 g/mol. The van der Waals surface area contributed by atoms with E-state index in [-0.39, 0.29) is 23.1 Å². The lowest BCUT2D eigenvalue weighted by Gasteiger charge is -2.04. The van der Waals surface area contributed by atoms with Crippen LogP contribution in [0.15, 0.2) is 38.6 Å². The molecule has 1 amide bonds. The van der Waals surface area contributed by atoms with Crippen molar-refractivity contribution >= 4 is 28.1 Å². The van der Waals surface area contributed by atoms with Crippen molar-refractivity contribution in [2.45, 2.75) is 13.8 Å². The van der Waals surface area contributed by atoms with E-state index < -0.39 is 11.5 Å². The van der Waals surface area contributed by atoms with Gasteiger partial charge in [0.05, 0.1) is 16.4 Å². The summed E-state index contributed by atoms with van der Waals surface area (Å²) in [7, 11) is 0. The van der Waals surface area contributed by atoms with Crippen molar-refractivity contribution in [2.75, 3.05) is 0 Å². The summed E-state index contributed by atoms with van der Waals surface area (Å²) in [4.78, 5) is 26.7. The number of carbonyl (C=O) groups excluding carboxylic acids is 1. The van der Waals surface area contributed by atoms with E-state index in [1.165, 1.54) is 30.0 Å². The van der Waals surface area contributed by atoms with E-state index in [0.717, 1.165) is 0 Å². The number of carbonyl (C=O) groups is 1. The number of hydrazone groups is 1. The summed E-state index contributed by atoms with van der Waals surface area (Å²) in [5.41, 5.74) is 3.51. The molecule has 10 nitrogen and oxygen atoms in total. The molecule has 3 N–H and O–H groups in total. The Labute approximate surface area is 161 Å². The third-order valence-electron chi connectivity index (χ3n) is 3.46. The van der Waals surface area contributed by atoms with Gasteiger partial charge in [-0.3, -0.25) is 14.6 Å². The van der Waals surface area contributed by atoms with Gasteiger partial charge in [0, 0.05) is 0 Å². The second-order valence-electron chi connectivity index (χ2n) is 5.56. The predicted octanol–water partition coefficient (Wildman–Crippen LogP) is 1.20. The van der Waals surface area contributed by atoms with Gasteiger partial charge in [-0.1, -0.05) is 0 Å². The zero-order valence-electron chi connectivity index (χ0n) is 14.3. The second-order valence-corrected chi connectivity index (χ2v) is 6.41. The van der Waals surface area contributed by atoms with Gasteiger partial charge in [-0.15, -0.1) is 10.2 Å². The van der Waals surface area contributed by atoms with Crippen molar-refractivity contribution < 1.29 is 9.90 Å². The Hall–Kier alpha value is -3.34. The largest absolute Gasteiger partial charge is 0.507 e. The molecule has 0 spiro atoms. The van der Waals surface area contributed by atoms with Crippen molar-refractivity contribution in [1.29, 1.82) is 0 Å². The Morgan fingerprint density at radius 3 is 2.81 bits per heavy atom. The van der Waals surface area contributed by atoms with E-state index >= 15 is 0 Å². The van der Waals surface area contributed by atoms with Crippen LogP contribution in [0, 0.1) is 13.8 Å². The second kappa shape index (κ2) is 7.50. The molecule has 0 radical (unpaired) electrons. The summed E-state index contributed by atoms with van der Waals surface area (Å²) < 4.78 is 1.69. The van der Waals surface area contributed by atoms with Crippen LogP contribution >= 0.6 is 15.9 Å². The van der Waals surface area contributed by atoms with Crippen LogP contribution in [-0.4, -0.2) is 42.2 Å². The lowest BCUT2D eigenvalue weighted by Crippen LogP contribution is -2.24. The number of halogens is 1. The van der Waals surface area contributed by atoms with E-state index in [2.05, 4.69) is 46.7 Å². The number of nitrogens with one attached hydrogen (secondary N) is 2. The van der Waals surface area contributed by atoms with E-state index in [4.69, 9.17) is 0 Å². The van der Waals surface area contributed by atoms with E-state index in [1.807, 2.05) is 0 Å². The number of benzene rings is 1. The Balaban J connectivity index is 1.82. The first kappa shape index (κ1) is 18.5. The normalized spacial score (nSPS) is 11.1. The summed E-state index contributed by atoms with van der Waals surface area (Å²) in [5, 5.41) is 25.1. The quantitative estimate of drug-likeness (QED) is 0.418. The molecule has 27 heavy (non-hydrogen) atoms. The van der Waals surface area contributed by atoms with Gasteiger partial charge in [0.15, 0.2) is 0 Å². The molecule has 0 saturated carbocycles. The van der Waals surface area contributed by atoms with Crippen molar-refractivity contribution in [2.24, 2.45) is 5.10 Å². The molecule has 0 unspecified atom stereocenters. The molecule has 0 fully saturated rings. The summed E-state index contributed by atoms with van der Waals surface area (Å²) in [6, 6.07) is 6.31. The Kier molecular flexibility index (Phi) is 5.12. The molecule has 0 saturated heterocycles. The molecule has 2 heterocycles. The van der Waals surface area contributed by atoms with Crippen LogP contribution in [-0.2, 0) is 0 Å². The maximum absolute atomic E-state index is 12.4. The first-order chi connectivity index (χ1) is 12.8. The molecule has 0 bridgehead atoms. The maximum atomic E-state index is 12.4. The first-order valence-electron chi connectivity index (χ1n) is 7.67. The molecule has 0 aliphatic rings. The number of phenols is 1. The number of hydrogen-bond donors (Lipinski definition) is 3. The Bertz CT molecular complexity index is 1100. The first-order valence-corrected chi connectivity index (χ1v) is 8.47. The highest BCUT2D eigenvalue weighted by atomic mass is 79.9. The average Bonchev–Trinajstić information content (AvgIpc) is 3.02. The van der Waals surface area contributed by atoms with Crippen LogP contribution in [0.25, 0.3) is 5.95 Å². The van der Waals surface area contributed by atoms with E-state index in [9.17, 15) is 14.7 Å². The summed E-state index contributed by atoms with van der Waals surface area (Å²) in [5.74, 6) is -0.424. The fourth-order valence-electron chi connectivity index (χ4n) is 2.13. The highest BCUT2D eigenvalue weighted by Crippen LogP contribution is 2.23. The lowest BCUT2D eigenvalue weighted by molar-refractivity contribution is 0.0947. The van der Waals surface area contributed by atoms with Gasteiger partial charge in [0.2, 0.25) is 0 Å². The molecule has 138 valence electrons. The molecular formula is C16H14BrN7O3. The number of aromatic amines is 1. The number of phenolic OH excluding ortho intramolecular Hbond substituents is 1. The third-order valence-corrected chi connectivity index (χ3v) is 4.10. The number of aromatic hydroxyl groups is 1. The molecule has 0 atom stereocenters. The fourth-order valence-corrected chi connectivity index (χ4v) is 2.53. The third kappa shape index (κ3) is 4.08. The standard InChI is InChI=1S/C16H14BrN7O3/c1-8-5-12(24(23-8)16-19-14(26)9(2)20-22-16)15(27)21-18-7-10-3-4-13(25)11(17)6-10/h3-7,25H,1-2H3,(H,21,27)(H,19,22,26)/b18-7-. The number of rotatable bonds is 4. The van der Waals surface area contributed by atoms with Crippen LogP contribution < -0.4 is 11.0 Å². The number of aryl methyl sites for hydroxylation is 2. The van der Waals surface area contributed by atoms with E-state index in [1.54, 1.807) is 19.1 Å². The molecule has 0 aliphatic carbocycles. The molecule has 3 rings (SSSR count). The summed E-state index contributed by atoms with van der Waals surface area (Å²) >= 11 is 3.20. The summed E-state index contributed by atoms with van der Waals surface area (Å²) in [6.45, 7) is 3.22. The maximum Gasteiger partial charge on any atom is 0.290 e. The zero-order valence-corrected chi connectivity index (χ0v) is 15.9. The topological polar surface area (TPSA) is 138 Å². The minimum atomic E-state index is -0.548. The number of aromatic nitrogens is 5. The lowest BCUT2D eigenvalue weighted by atomic mass is 10.2. The molecule has 11 heteroatoms. The minimum Gasteiger partial charge on any atom is -0.507 e. The highest BCUT2D eigenvalue weighted by molar-refractivity contribution is 9.10. The van der Waals surface area contributed by atoms with Gasteiger partial charge in [-0.05, 0) is 59.6 Å². The molecule has 0 aliphatic heterocycles. The Morgan fingerprint density at radius 2 is 2.11 bits per heavy atom.